The SMILES string of the molecule is Fc1cc(C2CCC(C3CC[CH]([RaH])CC3)CC2)cc(F)c1OC(F)F. The summed E-state index contributed by atoms with van der Waals surface area (Å²) in [6.45, 7) is -3.23. The zero-order valence-electron chi connectivity index (χ0n) is 14.6. The van der Waals surface area contributed by atoms with Crippen LogP contribution in [0.5, 0.6) is 5.75 Å². The van der Waals surface area contributed by atoms with E-state index in [9.17, 15) is 17.6 Å². The van der Waals surface area contributed by atoms with Crippen LogP contribution in [-0.4, -0.2) is 6.61 Å². The first-order chi connectivity index (χ1) is 11.9. The van der Waals surface area contributed by atoms with Crippen molar-refractivity contribution in [2.75, 3.05) is 0 Å². The van der Waals surface area contributed by atoms with E-state index in [2.05, 4.69) is 4.74 Å². The fraction of sp³-hybridized carbons (Fsp3) is 0.684. The first-order valence-corrected chi connectivity index (χ1v) is 14.1. The fourth-order valence-corrected chi connectivity index (χ4v) is 7.44. The minimum Gasteiger partial charge on any atom is -0.429 e. The second-order valence-electron chi connectivity index (χ2n) is 7.82. The molecule has 0 N–H and O–H groups in total. The van der Waals surface area contributed by atoms with Gasteiger partial charge in [-0.15, -0.1) is 0 Å². The second kappa shape index (κ2) is 8.93. The van der Waals surface area contributed by atoms with Crippen molar-refractivity contribution in [2.24, 2.45) is 11.8 Å². The Kier molecular flexibility index (Phi) is 7.13. The van der Waals surface area contributed by atoms with Gasteiger partial charge in [0.1, 0.15) is 0 Å². The molecule has 2 saturated carbocycles. The number of ether oxygens (including phenoxy) is 1. The van der Waals surface area contributed by atoms with E-state index < -0.39 is 24.0 Å². The normalized spacial score (nSPS) is 30.4. The minimum absolute atomic E-state index is 0.112. The van der Waals surface area contributed by atoms with Crippen LogP contribution in [-0.2, 0) is 0 Å². The van der Waals surface area contributed by atoms with E-state index in [0.717, 1.165) is 38.5 Å². The fourth-order valence-electron chi connectivity index (χ4n) is 4.70. The molecule has 2 aliphatic carbocycles. The second-order valence-corrected chi connectivity index (χ2v) is 14.5. The molecule has 0 radical (unpaired) electrons. The summed E-state index contributed by atoms with van der Waals surface area (Å²) in [5, 5.41) is 0. The van der Waals surface area contributed by atoms with Crippen molar-refractivity contribution in [1.82, 2.24) is 0 Å². The first-order valence-electron chi connectivity index (χ1n) is 9.37. The van der Waals surface area contributed by atoms with E-state index in [1.807, 2.05) is 0 Å². The molecular weight excluding hydrogens is 546 g/mol. The van der Waals surface area contributed by atoms with E-state index in [1.165, 1.54) is 37.8 Å². The topological polar surface area (TPSA) is 9.23 Å². The molecule has 0 heterocycles. The third kappa shape index (κ3) is 5.14. The summed E-state index contributed by atoms with van der Waals surface area (Å²) in [6.07, 6.45) is 9.61. The van der Waals surface area contributed by atoms with Crippen molar-refractivity contribution < 1.29 is 65.1 Å². The van der Waals surface area contributed by atoms with Gasteiger partial charge < -0.3 is 4.74 Å². The predicted molar refractivity (Wildman–Crippen MR) is 84.8 cm³/mol. The summed E-state index contributed by atoms with van der Waals surface area (Å²) in [7, 11) is 0. The molecule has 25 heavy (non-hydrogen) atoms. The number of hydrogen-bond acceptors (Lipinski definition) is 1. The molecule has 0 amide bonds. The summed E-state index contributed by atoms with van der Waals surface area (Å²) in [5.74, 6) is -1.36. The standard InChI is InChI=1S/C19H23F4O.Ra.H/c20-16-10-15(11-17(21)18(16)24-19(22)23)14-8-6-13(7-9-14)12-4-2-1-3-5-12;;/h1,10-14,19H,2-9H2;;. The van der Waals surface area contributed by atoms with Crippen LogP contribution in [0.4, 0.5) is 17.6 Å². The van der Waals surface area contributed by atoms with E-state index in [-0.39, 0.29) is 5.92 Å². The summed E-state index contributed by atoms with van der Waals surface area (Å²) in [4.78, 5) is 0. The van der Waals surface area contributed by atoms with E-state index >= 15 is 0 Å². The van der Waals surface area contributed by atoms with E-state index in [1.54, 1.807) is 0 Å². The van der Waals surface area contributed by atoms with Crippen molar-refractivity contribution in [3.63, 3.8) is 0 Å². The molecule has 1 nitrogen and oxygen atoms in total. The Morgan fingerprint density at radius 3 is 1.80 bits per heavy atom. The molecule has 136 valence electrons. The van der Waals surface area contributed by atoms with Gasteiger partial charge >= 0.3 is 163 Å². The van der Waals surface area contributed by atoms with Crippen LogP contribution < -0.4 is 4.74 Å². The molecule has 6 heteroatoms. The van der Waals surface area contributed by atoms with Gasteiger partial charge in [0.25, 0.3) is 0 Å². The zero-order valence-corrected chi connectivity index (χ0v) is 22.8. The molecule has 0 spiro atoms. The Labute approximate surface area is 175 Å². The van der Waals surface area contributed by atoms with Gasteiger partial charge in [-0.2, -0.15) is 8.78 Å². The van der Waals surface area contributed by atoms with Gasteiger partial charge in [-0.3, -0.25) is 0 Å². The molecule has 1 aromatic rings. The molecule has 2 aliphatic rings. The number of halogens is 4. The van der Waals surface area contributed by atoms with Crippen LogP contribution >= 0.6 is 0 Å². The Morgan fingerprint density at radius 1 is 0.840 bits per heavy atom. The van der Waals surface area contributed by atoms with Gasteiger partial charge in [0.15, 0.2) is 0 Å². The van der Waals surface area contributed by atoms with Crippen LogP contribution in [0, 0.1) is 66.3 Å². The van der Waals surface area contributed by atoms with E-state index in [4.69, 9.17) is 0 Å². The van der Waals surface area contributed by atoms with Crippen molar-refractivity contribution >= 4 is 0 Å². The zero-order chi connectivity index (χ0) is 18.0. The summed E-state index contributed by atoms with van der Waals surface area (Å²) >= 11 is 0.641. The van der Waals surface area contributed by atoms with Crippen molar-refractivity contribution in [2.45, 2.75) is 64.9 Å². The van der Waals surface area contributed by atoms with Gasteiger partial charge in [0.05, 0.1) is 0 Å². The van der Waals surface area contributed by atoms with Crippen LogP contribution in [0.3, 0.4) is 0 Å². The summed E-state index contributed by atoms with van der Waals surface area (Å²) in [6, 6.07) is 2.34. The van der Waals surface area contributed by atoms with Crippen molar-refractivity contribution in [3.8, 4) is 5.75 Å². The van der Waals surface area contributed by atoms with Crippen LogP contribution in [0.15, 0.2) is 12.1 Å². The maximum atomic E-state index is 13.9. The Bertz CT molecular complexity index is 556. The van der Waals surface area contributed by atoms with Crippen LogP contribution in [0.2, 0.25) is 0.959 Å². The number of alkyl halides is 2. The van der Waals surface area contributed by atoms with Crippen LogP contribution in [0.25, 0.3) is 0 Å². The molecule has 3 rings (SSSR count). The molecule has 0 bridgehead atoms. The van der Waals surface area contributed by atoms with Crippen molar-refractivity contribution in [3.05, 3.63) is 29.3 Å². The smallest absolute Gasteiger partial charge is 0.429 e. The molecule has 0 saturated heterocycles. The van der Waals surface area contributed by atoms with Gasteiger partial charge in [-0.1, -0.05) is 0 Å². The Morgan fingerprint density at radius 2 is 1.32 bits per heavy atom. The Balaban J connectivity index is 1.61. The van der Waals surface area contributed by atoms with Crippen molar-refractivity contribution in [1.29, 1.82) is 0 Å². The number of hydrogen-bond donors (Lipinski definition) is 0. The van der Waals surface area contributed by atoms with E-state index in [0.29, 0.717) is 48.4 Å². The summed E-state index contributed by atoms with van der Waals surface area (Å²) in [5.41, 5.74) is 0.572. The average molecular weight is 570 g/mol. The monoisotopic (exact) mass is 570 g/mol. The third-order valence-corrected chi connectivity index (χ3v) is 10.9. The molecular formula is C19H24F4ORa. The first kappa shape index (κ1) is 20.0. The molecule has 0 unspecified atom stereocenters. The van der Waals surface area contributed by atoms with Gasteiger partial charge in [0, 0.05) is 0 Å². The minimum atomic E-state index is -3.23. The molecule has 0 aliphatic heterocycles. The molecule has 2 fully saturated rings. The van der Waals surface area contributed by atoms with Crippen LogP contribution in [0.1, 0.15) is 62.8 Å². The average Bonchev–Trinajstić information content (AvgIpc) is 2.59. The van der Waals surface area contributed by atoms with Gasteiger partial charge in [0.2, 0.25) is 0 Å². The quantitative estimate of drug-likeness (QED) is 0.398. The Hall–Kier alpha value is 0.208. The maximum absolute atomic E-state index is 13.9. The third-order valence-electron chi connectivity index (χ3n) is 6.20. The number of benzene rings is 1. The number of rotatable bonds is 4. The summed E-state index contributed by atoms with van der Waals surface area (Å²) < 4.78 is 57.3. The molecule has 1 aromatic carbocycles. The predicted octanol–water partition coefficient (Wildman–Crippen LogP) is 6.10. The molecule has 0 atom stereocenters. The molecule has 0 aromatic heterocycles. The van der Waals surface area contributed by atoms with Gasteiger partial charge in [-0.05, 0) is 0 Å². The van der Waals surface area contributed by atoms with Gasteiger partial charge in [-0.25, -0.2) is 0 Å².